The predicted octanol–water partition coefficient (Wildman–Crippen LogP) is 5.95. The van der Waals surface area contributed by atoms with Crippen LogP contribution in [0.25, 0.3) is 0 Å². The van der Waals surface area contributed by atoms with Gasteiger partial charge in [0.2, 0.25) is 0 Å². The highest BCUT2D eigenvalue weighted by molar-refractivity contribution is 5.66. The largest absolute Gasteiger partial charge is 0.481 e. The van der Waals surface area contributed by atoms with Crippen LogP contribution in [0.1, 0.15) is 51.4 Å². The van der Waals surface area contributed by atoms with Gasteiger partial charge in [0.25, 0.3) is 0 Å². The first-order valence-electron chi connectivity index (χ1n) is 8.84. The van der Waals surface area contributed by atoms with Crippen molar-refractivity contribution < 1.29 is 63.3 Å². The van der Waals surface area contributed by atoms with Gasteiger partial charge in [0.05, 0.1) is 6.42 Å². The molecule has 0 amide bonds. The fraction of sp³-hybridized carbons (Fsp3) is 0.938. The summed E-state index contributed by atoms with van der Waals surface area (Å²) in [6.45, 7) is -0.686. The average molecular weight is 468 g/mol. The van der Waals surface area contributed by atoms with E-state index in [1.807, 2.05) is 0 Å². The molecule has 0 spiro atoms. The number of alkyl halides is 10. The van der Waals surface area contributed by atoms with Gasteiger partial charge >= 0.3 is 30.2 Å². The monoisotopic (exact) mass is 468 g/mol. The lowest BCUT2D eigenvalue weighted by Crippen LogP contribution is -2.36. The normalized spacial score (nSPS) is 13.8. The van der Waals surface area contributed by atoms with Crippen LogP contribution in [0.3, 0.4) is 0 Å². The smallest absolute Gasteiger partial charge is 0.453 e. The first-order valence-corrected chi connectivity index (χ1v) is 8.84. The molecule has 0 aliphatic carbocycles. The van der Waals surface area contributed by atoms with Crippen LogP contribution in [-0.2, 0) is 14.3 Å². The van der Waals surface area contributed by atoms with Crippen molar-refractivity contribution in [1.82, 2.24) is 0 Å². The number of carboxylic acids is 1. The van der Waals surface area contributed by atoms with Crippen LogP contribution >= 0.6 is 0 Å². The lowest BCUT2D eigenvalue weighted by molar-refractivity contribution is -0.285. The molecule has 0 bridgehead atoms. The fourth-order valence-electron chi connectivity index (χ4n) is 2.07. The van der Waals surface area contributed by atoms with Crippen molar-refractivity contribution in [2.24, 2.45) is 0 Å². The molecule has 0 unspecified atom stereocenters. The lowest BCUT2D eigenvalue weighted by atomic mass is 10.1. The topological polar surface area (TPSA) is 55.8 Å². The molecular formula is C16H22F10O4. The van der Waals surface area contributed by atoms with Gasteiger partial charge in [-0.05, 0) is 25.7 Å². The first kappa shape index (κ1) is 28.7. The lowest BCUT2D eigenvalue weighted by Gasteiger charge is -2.21. The molecule has 1 N–H and O–H groups in total. The van der Waals surface area contributed by atoms with Crippen LogP contribution < -0.4 is 0 Å². The number of hydrogen-bond donors (Lipinski definition) is 1. The van der Waals surface area contributed by atoms with Crippen LogP contribution in [0.2, 0.25) is 0 Å². The molecule has 180 valence electrons. The number of ether oxygens (including phenoxy) is 2. The Balaban J connectivity index is 4.28. The highest BCUT2D eigenvalue weighted by Gasteiger charge is 2.57. The molecular weight excluding hydrogens is 446 g/mol. The summed E-state index contributed by atoms with van der Waals surface area (Å²) in [7, 11) is 0. The number of hydrogen-bond acceptors (Lipinski definition) is 3. The van der Waals surface area contributed by atoms with E-state index in [1.54, 1.807) is 0 Å². The van der Waals surface area contributed by atoms with Crippen LogP contribution in [0, 0.1) is 0 Å². The molecule has 0 aromatic rings. The molecule has 4 nitrogen and oxygen atoms in total. The summed E-state index contributed by atoms with van der Waals surface area (Å²) in [5, 5.41) is 8.62. The van der Waals surface area contributed by atoms with Gasteiger partial charge in [-0.3, -0.25) is 4.79 Å². The molecule has 0 radical (unpaired) electrons. The van der Waals surface area contributed by atoms with E-state index >= 15 is 0 Å². The molecule has 0 aliphatic heterocycles. The summed E-state index contributed by atoms with van der Waals surface area (Å²) in [5.41, 5.74) is 0. The molecule has 0 atom stereocenters. The molecule has 0 saturated heterocycles. The van der Waals surface area contributed by atoms with E-state index in [1.165, 1.54) is 0 Å². The molecule has 0 heterocycles. The van der Waals surface area contributed by atoms with Crippen molar-refractivity contribution in [3.05, 3.63) is 0 Å². The van der Waals surface area contributed by atoms with E-state index in [-0.39, 0.29) is 32.5 Å². The minimum Gasteiger partial charge on any atom is -0.481 e. The Morgan fingerprint density at radius 2 is 1.07 bits per heavy atom. The van der Waals surface area contributed by atoms with E-state index in [4.69, 9.17) is 14.6 Å². The predicted molar refractivity (Wildman–Crippen MR) is 82.3 cm³/mol. The Hall–Kier alpha value is -1.31. The van der Waals surface area contributed by atoms with Gasteiger partial charge in [-0.25, -0.2) is 0 Å². The number of rotatable bonds is 15. The van der Waals surface area contributed by atoms with E-state index in [9.17, 15) is 48.7 Å². The molecule has 0 aromatic carbocycles. The molecule has 0 fully saturated rings. The highest BCUT2D eigenvalue weighted by Crippen LogP contribution is 2.40. The van der Waals surface area contributed by atoms with E-state index in [0.717, 1.165) is 0 Å². The first-order chi connectivity index (χ1) is 13.5. The van der Waals surface area contributed by atoms with Crippen LogP contribution in [0.15, 0.2) is 0 Å². The summed E-state index contributed by atoms with van der Waals surface area (Å²) < 4.78 is 133. The zero-order valence-electron chi connectivity index (χ0n) is 15.6. The zero-order valence-corrected chi connectivity index (χ0v) is 15.6. The average Bonchev–Trinajstić information content (AvgIpc) is 2.55. The standard InChI is InChI=1S/C16H22F10O4/c17-13(18,15(21,22)23)7-1-3-9-29-12(6-5-11(27)28)30-10-4-2-8-14(19,20)16(24,25)26/h12H,1-10H2,(H,27,28). The molecule has 0 aliphatic rings. The van der Waals surface area contributed by atoms with Gasteiger partial charge in [-0.2, -0.15) is 43.9 Å². The van der Waals surface area contributed by atoms with Crippen molar-refractivity contribution in [2.75, 3.05) is 13.2 Å². The van der Waals surface area contributed by atoms with Gasteiger partial charge in [0.1, 0.15) is 0 Å². The quantitative estimate of drug-likeness (QED) is 0.184. The Labute approximate surface area is 165 Å². The number of halogens is 10. The van der Waals surface area contributed by atoms with E-state index in [0.29, 0.717) is 0 Å². The summed E-state index contributed by atoms with van der Waals surface area (Å²) in [6.07, 6.45) is -17.8. The van der Waals surface area contributed by atoms with Gasteiger partial charge in [0, 0.05) is 32.5 Å². The number of carbonyl (C=O) groups is 1. The number of aliphatic carboxylic acids is 1. The molecule has 14 heteroatoms. The maximum absolute atomic E-state index is 12.7. The second-order valence-corrected chi connectivity index (χ2v) is 6.42. The van der Waals surface area contributed by atoms with Crippen LogP contribution in [0.5, 0.6) is 0 Å². The summed E-state index contributed by atoms with van der Waals surface area (Å²) >= 11 is 0. The summed E-state index contributed by atoms with van der Waals surface area (Å²) in [5.74, 6) is -11.0. The van der Waals surface area contributed by atoms with Crippen LogP contribution in [0.4, 0.5) is 43.9 Å². The third-order valence-electron chi connectivity index (χ3n) is 3.80. The second-order valence-electron chi connectivity index (χ2n) is 6.42. The van der Waals surface area contributed by atoms with Gasteiger partial charge in [-0.1, -0.05) is 0 Å². The molecule has 0 rings (SSSR count). The Morgan fingerprint density at radius 3 is 1.37 bits per heavy atom. The second kappa shape index (κ2) is 11.9. The van der Waals surface area contributed by atoms with Gasteiger partial charge in [-0.15, -0.1) is 0 Å². The Kier molecular flexibility index (Phi) is 11.4. The maximum atomic E-state index is 12.7. The maximum Gasteiger partial charge on any atom is 0.453 e. The number of unbranched alkanes of at least 4 members (excludes halogenated alkanes) is 2. The Bertz CT molecular complexity index is 469. The third kappa shape index (κ3) is 11.2. The van der Waals surface area contributed by atoms with Crippen molar-refractivity contribution in [1.29, 1.82) is 0 Å². The van der Waals surface area contributed by atoms with Gasteiger partial charge < -0.3 is 14.6 Å². The van der Waals surface area contributed by atoms with E-state index < -0.39 is 68.6 Å². The molecule has 0 saturated carbocycles. The Morgan fingerprint density at radius 1 is 0.700 bits per heavy atom. The molecule has 0 aromatic heterocycles. The summed E-state index contributed by atoms with van der Waals surface area (Å²) in [6, 6.07) is 0. The van der Waals surface area contributed by atoms with Crippen molar-refractivity contribution in [2.45, 2.75) is 81.9 Å². The minimum absolute atomic E-state index is 0.226. The van der Waals surface area contributed by atoms with Crippen LogP contribution in [-0.4, -0.2) is 54.8 Å². The number of carboxylic acid groups (broad SMARTS) is 1. The summed E-state index contributed by atoms with van der Waals surface area (Å²) in [4.78, 5) is 10.6. The van der Waals surface area contributed by atoms with Crippen molar-refractivity contribution in [3.8, 4) is 0 Å². The van der Waals surface area contributed by atoms with Crippen molar-refractivity contribution >= 4 is 5.97 Å². The van der Waals surface area contributed by atoms with E-state index in [2.05, 4.69) is 0 Å². The zero-order chi connectivity index (χ0) is 23.6. The van der Waals surface area contributed by atoms with Crippen molar-refractivity contribution in [3.63, 3.8) is 0 Å². The molecule has 30 heavy (non-hydrogen) atoms. The third-order valence-corrected chi connectivity index (χ3v) is 3.80. The fourth-order valence-corrected chi connectivity index (χ4v) is 2.07. The minimum atomic E-state index is -5.68. The SMILES string of the molecule is O=C(O)CCC(OCCCCC(F)(F)C(F)(F)F)OCCCCC(F)(F)C(F)(F)F. The highest BCUT2D eigenvalue weighted by atomic mass is 19.4. The van der Waals surface area contributed by atoms with Gasteiger partial charge in [0.15, 0.2) is 6.29 Å².